The SMILES string of the molecule is [C-]#[N+]c1ccc(OCC2(CO)CN(S(=O)(=O)c3ccc(S(C)(=O)=O)cc3)C2)cc1F. The van der Waals surface area contributed by atoms with Gasteiger partial charge in [-0.3, -0.25) is 0 Å². The van der Waals surface area contributed by atoms with Gasteiger partial charge in [-0.1, -0.05) is 0 Å². The van der Waals surface area contributed by atoms with Gasteiger partial charge in [0.05, 0.1) is 35.0 Å². The molecule has 1 aliphatic heterocycles. The second-order valence-corrected chi connectivity index (χ2v) is 11.1. The van der Waals surface area contributed by atoms with E-state index in [2.05, 4.69) is 4.85 Å². The number of aliphatic hydroxyl groups excluding tert-OH is 1. The molecule has 160 valence electrons. The van der Waals surface area contributed by atoms with E-state index in [1.165, 1.54) is 36.4 Å². The van der Waals surface area contributed by atoms with E-state index in [1.807, 2.05) is 0 Å². The molecule has 30 heavy (non-hydrogen) atoms. The lowest BCUT2D eigenvalue weighted by atomic mass is 9.83. The molecule has 1 heterocycles. The number of nitrogens with zero attached hydrogens (tertiary/aromatic N) is 2. The van der Waals surface area contributed by atoms with Crippen LogP contribution in [0.3, 0.4) is 0 Å². The summed E-state index contributed by atoms with van der Waals surface area (Å²) in [7, 11) is -7.31. The molecule has 3 rings (SSSR count). The molecule has 0 spiro atoms. The van der Waals surface area contributed by atoms with Crippen molar-refractivity contribution in [1.82, 2.24) is 4.31 Å². The maximum Gasteiger partial charge on any atom is 0.243 e. The van der Waals surface area contributed by atoms with Crippen LogP contribution in [-0.2, 0) is 19.9 Å². The van der Waals surface area contributed by atoms with Gasteiger partial charge in [-0.25, -0.2) is 26.1 Å². The molecule has 1 saturated heterocycles. The van der Waals surface area contributed by atoms with Crippen LogP contribution in [-0.4, -0.2) is 58.8 Å². The minimum absolute atomic E-state index is 0.0116. The van der Waals surface area contributed by atoms with Crippen molar-refractivity contribution in [3.05, 3.63) is 59.7 Å². The van der Waals surface area contributed by atoms with Gasteiger partial charge in [0.1, 0.15) is 11.6 Å². The predicted molar refractivity (Wildman–Crippen MR) is 106 cm³/mol. The third-order valence-electron chi connectivity index (χ3n) is 4.83. The van der Waals surface area contributed by atoms with Crippen molar-refractivity contribution in [2.24, 2.45) is 5.41 Å². The van der Waals surface area contributed by atoms with E-state index >= 15 is 0 Å². The van der Waals surface area contributed by atoms with Crippen molar-refractivity contribution in [2.75, 3.05) is 32.6 Å². The van der Waals surface area contributed by atoms with Crippen LogP contribution < -0.4 is 4.74 Å². The smallest absolute Gasteiger partial charge is 0.243 e. The normalized spacial score (nSPS) is 16.5. The number of aliphatic hydroxyl groups is 1. The average Bonchev–Trinajstić information content (AvgIpc) is 2.67. The summed E-state index contributed by atoms with van der Waals surface area (Å²) in [6, 6.07) is 8.68. The summed E-state index contributed by atoms with van der Waals surface area (Å²) in [5, 5.41) is 9.75. The van der Waals surface area contributed by atoms with Crippen molar-refractivity contribution in [2.45, 2.75) is 9.79 Å². The second kappa shape index (κ2) is 7.96. The van der Waals surface area contributed by atoms with E-state index in [0.29, 0.717) is 0 Å². The molecule has 0 saturated carbocycles. The molecule has 0 aliphatic carbocycles. The number of sulfone groups is 1. The second-order valence-electron chi connectivity index (χ2n) is 7.19. The van der Waals surface area contributed by atoms with Gasteiger partial charge in [0.25, 0.3) is 0 Å². The first-order chi connectivity index (χ1) is 14.0. The highest BCUT2D eigenvalue weighted by Crippen LogP contribution is 2.36. The van der Waals surface area contributed by atoms with Crippen LogP contribution >= 0.6 is 0 Å². The van der Waals surface area contributed by atoms with Crippen LogP contribution in [0.4, 0.5) is 10.1 Å². The first-order valence-corrected chi connectivity index (χ1v) is 12.0. The highest BCUT2D eigenvalue weighted by atomic mass is 32.2. The lowest BCUT2D eigenvalue weighted by Crippen LogP contribution is -2.62. The molecule has 1 N–H and O–H groups in total. The minimum Gasteiger partial charge on any atom is -0.493 e. The summed E-state index contributed by atoms with van der Waals surface area (Å²) in [5.74, 6) is -0.554. The van der Waals surface area contributed by atoms with Crippen LogP contribution in [0.5, 0.6) is 5.75 Å². The first kappa shape index (κ1) is 22.2. The Balaban J connectivity index is 1.68. The van der Waals surface area contributed by atoms with Gasteiger partial charge in [0.15, 0.2) is 9.84 Å². The Bertz CT molecular complexity index is 1200. The Kier molecular flexibility index (Phi) is 5.88. The minimum atomic E-state index is -3.87. The first-order valence-electron chi connectivity index (χ1n) is 8.72. The van der Waals surface area contributed by atoms with Gasteiger partial charge in [-0.2, -0.15) is 4.31 Å². The van der Waals surface area contributed by atoms with Crippen LogP contribution in [0, 0.1) is 17.8 Å². The fourth-order valence-electron chi connectivity index (χ4n) is 3.02. The van der Waals surface area contributed by atoms with Crippen LogP contribution in [0.25, 0.3) is 4.85 Å². The van der Waals surface area contributed by atoms with E-state index in [0.717, 1.165) is 16.6 Å². The third-order valence-corrected chi connectivity index (χ3v) is 7.77. The summed E-state index contributed by atoms with van der Waals surface area (Å²) in [5.41, 5.74) is -0.989. The fourth-order valence-corrected chi connectivity index (χ4v) is 5.32. The van der Waals surface area contributed by atoms with Crippen LogP contribution in [0.1, 0.15) is 0 Å². The Labute approximate surface area is 174 Å². The maximum atomic E-state index is 13.7. The van der Waals surface area contributed by atoms with Crippen molar-refractivity contribution < 1.29 is 31.1 Å². The van der Waals surface area contributed by atoms with Gasteiger partial charge in [-0.05, 0) is 36.4 Å². The van der Waals surface area contributed by atoms with Gasteiger partial charge in [0.2, 0.25) is 15.7 Å². The molecule has 8 nitrogen and oxygen atoms in total. The predicted octanol–water partition coefficient (Wildman–Crippen LogP) is 1.84. The van der Waals surface area contributed by atoms with Crippen molar-refractivity contribution >= 4 is 25.5 Å². The molecule has 0 atom stereocenters. The Hall–Kier alpha value is -2.52. The monoisotopic (exact) mass is 454 g/mol. The molecule has 11 heteroatoms. The molecule has 1 aliphatic rings. The molecular formula is C19H19FN2O6S2. The largest absolute Gasteiger partial charge is 0.493 e. The summed E-state index contributed by atoms with van der Waals surface area (Å²) in [6.07, 6.45) is 1.03. The summed E-state index contributed by atoms with van der Waals surface area (Å²) in [4.78, 5) is 2.98. The number of hydrogen-bond donors (Lipinski definition) is 1. The standard InChI is InChI=1S/C19H19FN2O6S2/c1-21-18-8-3-14(9-17(18)20)28-13-19(12-23)10-22(11-19)30(26,27)16-6-4-15(5-7-16)29(2,24)25/h3-9,23H,10-13H2,2H3. The maximum absolute atomic E-state index is 13.7. The zero-order valence-corrected chi connectivity index (χ0v) is 17.6. The molecule has 2 aromatic carbocycles. The molecule has 0 amide bonds. The molecule has 0 bridgehead atoms. The number of halogens is 1. The van der Waals surface area contributed by atoms with Crippen molar-refractivity contribution in [1.29, 1.82) is 0 Å². The lowest BCUT2D eigenvalue weighted by Gasteiger charge is -2.47. The summed E-state index contributed by atoms with van der Waals surface area (Å²) < 4.78 is 68.9. The van der Waals surface area contributed by atoms with E-state index in [4.69, 9.17) is 11.3 Å². The molecule has 0 radical (unpaired) electrons. The Morgan fingerprint density at radius 3 is 2.23 bits per heavy atom. The van der Waals surface area contributed by atoms with E-state index in [-0.39, 0.29) is 47.5 Å². The number of rotatable bonds is 7. The number of ether oxygens (including phenoxy) is 1. The topological polar surface area (TPSA) is 105 Å². The van der Waals surface area contributed by atoms with Crippen LogP contribution in [0.15, 0.2) is 52.3 Å². The molecule has 0 unspecified atom stereocenters. The van der Waals surface area contributed by atoms with E-state index in [9.17, 15) is 26.3 Å². The van der Waals surface area contributed by atoms with E-state index in [1.54, 1.807) is 0 Å². The molecular weight excluding hydrogens is 435 g/mol. The molecule has 1 fully saturated rings. The summed E-state index contributed by atoms with van der Waals surface area (Å²) in [6.45, 7) is 6.43. The van der Waals surface area contributed by atoms with Gasteiger partial charge in [-0.15, -0.1) is 0 Å². The van der Waals surface area contributed by atoms with Gasteiger partial charge in [0, 0.05) is 25.4 Å². The van der Waals surface area contributed by atoms with Gasteiger partial charge >= 0.3 is 0 Å². The number of sulfonamides is 1. The Morgan fingerprint density at radius 1 is 1.13 bits per heavy atom. The number of benzene rings is 2. The Morgan fingerprint density at radius 2 is 1.73 bits per heavy atom. The highest BCUT2D eigenvalue weighted by molar-refractivity contribution is 7.90. The fraction of sp³-hybridized carbons (Fsp3) is 0.316. The molecule has 2 aromatic rings. The zero-order chi connectivity index (χ0) is 22.2. The third kappa shape index (κ3) is 4.32. The van der Waals surface area contributed by atoms with E-state index < -0.39 is 31.1 Å². The highest BCUT2D eigenvalue weighted by Gasteiger charge is 2.49. The quantitative estimate of drug-likeness (QED) is 0.640. The van der Waals surface area contributed by atoms with Crippen molar-refractivity contribution in [3.63, 3.8) is 0 Å². The van der Waals surface area contributed by atoms with Gasteiger partial charge < -0.3 is 9.84 Å². The molecule has 0 aromatic heterocycles. The number of hydrogen-bond acceptors (Lipinski definition) is 6. The zero-order valence-electron chi connectivity index (χ0n) is 15.9. The van der Waals surface area contributed by atoms with Crippen molar-refractivity contribution in [3.8, 4) is 5.75 Å². The summed E-state index contributed by atoms with van der Waals surface area (Å²) >= 11 is 0. The van der Waals surface area contributed by atoms with Crippen LogP contribution in [0.2, 0.25) is 0 Å². The average molecular weight is 455 g/mol. The lowest BCUT2D eigenvalue weighted by molar-refractivity contribution is -0.0273.